The first-order chi connectivity index (χ1) is 16.5. The van der Waals surface area contributed by atoms with Gasteiger partial charge in [0.2, 0.25) is 6.41 Å². The number of ether oxygens (including phenoxy) is 1. The molecule has 2 fully saturated rings. The Labute approximate surface area is 205 Å². The van der Waals surface area contributed by atoms with Crippen molar-refractivity contribution in [3.8, 4) is 5.75 Å². The molecule has 186 valence electrons. The summed E-state index contributed by atoms with van der Waals surface area (Å²) in [6.07, 6.45) is 4.32. The van der Waals surface area contributed by atoms with Crippen LogP contribution in [0.2, 0.25) is 5.02 Å². The van der Waals surface area contributed by atoms with Gasteiger partial charge < -0.3 is 19.1 Å². The number of halogens is 4. The Morgan fingerprint density at radius 3 is 2.66 bits per heavy atom. The van der Waals surface area contributed by atoms with Gasteiger partial charge in [0.1, 0.15) is 17.6 Å². The van der Waals surface area contributed by atoms with Crippen molar-refractivity contribution < 1.29 is 27.5 Å². The quantitative estimate of drug-likeness (QED) is 0.453. The first-order valence-electron chi connectivity index (χ1n) is 10.9. The molecule has 7 nitrogen and oxygen atoms in total. The van der Waals surface area contributed by atoms with E-state index in [-0.39, 0.29) is 23.0 Å². The van der Waals surface area contributed by atoms with Gasteiger partial charge in [-0.3, -0.25) is 9.59 Å². The minimum absolute atomic E-state index is 0.0565. The number of piperazine rings is 1. The highest BCUT2D eigenvalue weighted by Gasteiger charge is 2.50. The van der Waals surface area contributed by atoms with Crippen LogP contribution >= 0.6 is 11.6 Å². The van der Waals surface area contributed by atoms with Gasteiger partial charge in [0, 0.05) is 43.5 Å². The fourth-order valence-corrected chi connectivity index (χ4v) is 4.20. The lowest BCUT2D eigenvalue weighted by atomic mass is 10.1. The smallest absolute Gasteiger partial charge is 0.416 e. The van der Waals surface area contributed by atoms with Crippen LogP contribution in [0.4, 0.5) is 13.2 Å². The number of benzene rings is 1. The normalized spacial score (nSPS) is 22.3. The highest BCUT2D eigenvalue weighted by Crippen LogP contribution is 2.56. The van der Waals surface area contributed by atoms with E-state index in [1.165, 1.54) is 4.90 Å². The van der Waals surface area contributed by atoms with Crippen LogP contribution in [0.3, 0.4) is 0 Å². The Morgan fingerprint density at radius 2 is 2.03 bits per heavy atom. The van der Waals surface area contributed by atoms with Crippen molar-refractivity contribution in [2.75, 3.05) is 20.1 Å². The van der Waals surface area contributed by atoms with Gasteiger partial charge in [0.15, 0.2) is 0 Å². The second kappa shape index (κ2) is 9.41. The van der Waals surface area contributed by atoms with Gasteiger partial charge in [-0.25, -0.2) is 4.98 Å². The number of imidazole rings is 1. The number of allylic oxidation sites excluding steroid dienone is 3. The molecule has 1 aliphatic carbocycles. The lowest BCUT2D eigenvalue weighted by Gasteiger charge is -2.31. The van der Waals surface area contributed by atoms with Crippen LogP contribution in [0.5, 0.6) is 5.75 Å². The fourth-order valence-electron chi connectivity index (χ4n) is 3.93. The number of likely N-dealkylation sites (N-methyl/N-ethyl adjacent to an activating group) is 1. The first-order valence-corrected chi connectivity index (χ1v) is 11.3. The van der Waals surface area contributed by atoms with Crippen LogP contribution < -0.4 is 4.74 Å². The third-order valence-corrected chi connectivity index (χ3v) is 6.36. The molecule has 2 atom stereocenters. The SMILES string of the molecule is C/C(=C\C=C1\C(=O)N(C)CCN1C=O)n1cnc(C)c1.FC(F)(F)c1cc(Cl)c2c(c1)C1CC1O2. The number of rotatable bonds is 3. The van der Waals surface area contributed by atoms with Gasteiger partial charge in [-0.05, 0) is 44.6 Å². The Bertz CT molecular complexity index is 1220. The predicted octanol–water partition coefficient (Wildman–Crippen LogP) is 4.47. The molecule has 2 aliphatic heterocycles. The third-order valence-electron chi connectivity index (χ3n) is 6.08. The molecule has 11 heteroatoms. The van der Waals surface area contributed by atoms with Crippen molar-refractivity contribution in [2.24, 2.45) is 0 Å². The van der Waals surface area contributed by atoms with Crippen molar-refractivity contribution in [3.63, 3.8) is 0 Å². The first kappa shape index (κ1) is 24.8. The number of carbonyl (C=O) groups is 2. The summed E-state index contributed by atoms with van der Waals surface area (Å²) in [5.74, 6) is 0.417. The number of aryl methyl sites for hydroxylation is 1. The predicted molar refractivity (Wildman–Crippen MR) is 124 cm³/mol. The molecule has 3 heterocycles. The maximum Gasteiger partial charge on any atom is 0.416 e. The molecule has 2 aromatic rings. The highest BCUT2D eigenvalue weighted by atomic mass is 35.5. The van der Waals surface area contributed by atoms with Gasteiger partial charge in [0.25, 0.3) is 5.91 Å². The molecule has 0 N–H and O–H groups in total. The number of hydrogen-bond donors (Lipinski definition) is 0. The number of alkyl halides is 3. The summed E-state index contributed by atoms with van der Waals surface area (Å²) in [6, 6.07) is 2.07. The average Bonchev–Trinajstić information content (AvgIpc) is 3.27. The second-order valence-corrected chi connectivity index (χ2v) is 9.09. The van der Waals surface area contributed by atoms with Gasteiger partial charge >= 0.3 is 6.18 Å². The van der Waals surface area contributed by atoms with Crippen molar-refractivity contribution in [3.05, 3.63) is 64.3 Å². The highest BCUT2D eigenvalue weighted by molar-refractivity contribution is 6.32. The molecule has 1 saturated carbocycles. The number of fused-ring (bicyclic) bond motifs is 3. The molecule has 35 heavy (non-hydrogen) atoms. The largest absolute Gasteiger partial charge is 0.488 e. The topological polar surface area (TPSA) is 67.7 Å². The number of amides is 2. The van der Waals surface area contributed by atoms with Crippen molar-refractivity contribution in [2.45, 2.75) is 38.5 Å². The Kier molecular flexibility index (Phi) is 6.68. The van der Waals surface area contributed by atoms with E-state index in [0.717, 1.165) is 29.9 Å². The molecule has 2 amide bonds. The average molecular weight is 509 g/mol. The zero-order chi connectivity index (χ0) is 25.5. The summed E-state index contributed by atoms with van der Waals surface area (Å²) >= 11 is 5.74. The molecule has 1 saturated heterocycles. The van der Waals surface area contributed by atoms with Gasteiger partial charge in [-0.1, -0.05) is 11.6 Å². The van der Waals surface area contributed by atoms with E-state index in [2.05, 4.69) is 4.98 Å². The molecule has 0 spiro atoms. The summed E-state index contributed by atoms with van der Waals surface area (Å²) in [4.78, 5) is 30.3. The maximum absolute atomic E-state index is 12.5. The molecule has 3 aliphatic rings. The Hall–Kier alpha value is -3.27. The summed E-state index contributed by atoms with van der Waals surface area (Å²) in [6.45, 7) is 4.91. The second-order valence-electron chi connectivity index (χ2n) is 8.68. The Balaban J connectivity index is 0.000000171. The molecule has 0 radical (unpaired) electrons. The lowest BCUT2D eigenvalue weighted by Crippen LogP contribution is -2.46. The standard InChI is InChI=1S/C14H18N4O2.C10H6ClF3O/c1-11-8-18(9-15-11)12(2)4-5-13-14(20)16(3)6-7-17(13)10-19;11-7-2-4(10(12,13)14)1-6-5-3-8(5)15-9(6)7/h4-5,8-10H,6-7H2,1-3H3;1-2,5,8H,3H2/b12-4+,13-5-;. The van der Waals surface area contributed by atoms with E-state index in [1.54, 1.807) is 24.4 Å². The number of aromatic nitrogens is 2. The van der Waals surface area contributed by atoms with Crippen molar-refractivity contribution in [1.82, 2.24) is 19.4 Å². The lowest BCUT2D eigenvalue weighted by molar-refractivity contribution is -0.137. The summed E-state index contributed by atoms with van der Waals surface area (Å²) in [7, 11) is 1.73. The van der Waals surface area contributed by atoms with Crippen LogP contribution in [0.1, 0.15) is 36.1 Å². The summed E-state index contributed by atoms with van der Waals surface area (Å²) in [5.41, 5.74) is 2.16. The molecule has 2 unspecified atom stereocenters. The molecular formula is C24H24ClF3N4O3. The van der Waals surface area contributed by atoms with E-state index in [0.29, 0.717) is 36.5 Å². The number of hydrogen-bond acceptors (Lipinski definition) is 4. The van der Waals surface area contributed by atoms with Gasteiger partial charge in [0.05, 0.1) is 22.6 Å². The van der Waals surface area contributed by atoms with Crippen LogP contribution in [0, 0.1) is 6.92 Å². The molecule has 0 bridgehead atoms. The van der Waals surface area contributed by atoms with Crippen molar-refractivity contribution >= 4 is 29.6 Å². The van der Waals surface area contributed by atoms with E-state index in [4.69, 9.17) is 16.3 Å². The zero-order valence-electron chi connectivity index (χ0n) is 19.3. The summed E-state index contributed by atoms with van der Waals surface area (Å²) < 4.78 is 44.7. The third kappa shape index (κ3) is 5.22. The summed E-state index contributed by atoms with van der Waals surface area (Å²) in [5, 5.41) is 0.0621. The Morgan fingerprint density at radius 1 is 1.29 bits per heavy atom. The van der Waals surface area contributed by atoms with Crippen LogP contribution in [0.25, 0.3) is 5.70 Å². The molecular weight excluding hydrogens is 485 g/mol. The van der Waals surface area contributed by atoms with Gasteiger partial charge in [-0.2, -0.15) is 13.2 Å². The number of carbonyl (C=O) groups excluding carboxylic acids is 2. The molecule has 1 aromatic carbocycles. The minimum Gasteiger partial charge on any atom is -0.488 e. The van der Waals surface area contributed by atoms with Crippen LogP contribution in [-0.4, -0.2) is 57.9 Å². The van der Waals surface area contributed by atoms with Crippen LogP contribution in [-0.2, 0) is 15.8 Å². The van der Waals surface area contributed by atoms with E-state index in [9.17, 15) is 22.8 Å². The fraction of sp³-hybridized carbons (Fsp3) is 0.375. The van der Waals surface area contributed by atoms with Crippen LogP contribution in [0.15, 0.2) is 42.5 Å². The monoisotopic (exact) mass is 508 g/mol. The number of nitrogens with zero attached hydrogens (tertiary/aromatic N) is 4. The van der Waals surface area contributed by atoms with E-state index in [1.807, 2.05) is 30.7 Å². The zero-order valence-corrected chi connectivity index (χ0v) is 20.1. The molecule has 5 rings (SSSR count). The minimum atomic E-state index is -4.34. The van der Waals surface area contributed by atoms with Crippen molar-refractivity contribution in [1.29, 1.82) is 0 Å². The van der Waals surface area contributed by atoms with Gasteiger partial charge in [-0.15, -0.1) is 0 Å². The van der Waals surface area contributed by atoms with E-state index >= 15 is 0 Å². The maximum atomic E-state index is 12.5. The molecule has 1 aromatic heterocycles. The van der Waals surface area contributed by atoms with E-state index < -0.39 is 11.7 Å².